The van der Waals surface area contributed by atoms with Gasteiger partial charge in [-0.15, -0.1) is 0 Å². The second kappa shape index (κ2) is 5.12. The molecule has 0 heterocycles. The minimum atomic E-state index is -0.139. The van der Waals surface area contributed by atoms with E-state index in [0.29, 0.717) is 0 Å². The molecule has 4 heteroatoms. The molecule has 3 N–H and O–H groups in total. The van der Waals surface area contributed by atoms with E-state index >= 15 is 0 Å². The number of benzene rings is 1. The van der Waals surface area contributed by atoms with E-state index in [-0.39, 0.29) is 18.5 Å². The molecule has 1 atom stereocenters. The molecule has 1 amide bonds. The van der Waals surface area contributed by atoms with Crippen LogP contribution < -0.4 is 11.1 Å². The standard InChI is InChI=1S/C10H13BrN2O/c1-7(13-10(14)6-12)8-2-4-9(11)5-3-8/h2-5,7H,6,12H2,1H3,(H,13,14)/t7-/m0/s1. The van der Waals surface area contributed by atoms with Gasteiger partial charge in [-0.2, -0.15) is 0 Å². The molecular weight excluding hydrogens is 244 g/mol. The molecule has 1 aromatic rings. The maximum Gasteiger partial charge on any atom is 0.234 e. The molecule has 0 spiro atoms. The van der Waals surface area contributed by atoms with E-state index in [1.54, 1.807) is 0 Å². The highest BCUT2D eigenvalue weighted by molar-refractivity contribution is 9.10. The van der Waals surface area contributed by atoms with Crippen LogP contribution in [0.25, 0.3) is 0 Å². The summed E-state index contributed by atoms with van der Waals surface area (Å²) in [7, 11) is 0. The fraction of sp³-hybridized carbons (Fsp3) is 0.300. The van der Waals surface area contributed by atoms with Crippen LogP contribution in [0.5, 0.6) is 0 Å². The van der Waals surface area contributed by atoms with Crippen LogP contribution in [0.4, 0.5) is 0 Å². The quantitative estimate of drug-likeness (QED) is 0.863. The van der Waals surface area contributed by atoms with Gasteiger partial charge in [-0.25, -0.2) is 0 Å². The summed E-state index contributed by atoms with van der Waals surface area (Å²) >= 11 is 3.35. The molecular formula is C10H13BrN2O. The number of amides is 1. The van der Waals surface area contributed by atoms with E-state index in [0.717, 1.165) is 10.0 Å². The van der Waals surface area contributed by atoms with Gasteiger partial charge in [0, 0.05) is 4.47 Å². The van der Waals surface area contributed by atoms with Crippen LogP contribution in [0, 0.1) is 0 Å². The van der Waals surface area contributed by atoms with Crippen molar-refractivity contribution < 1.29 is 4.79 Å². The highest BCUT2D eigenvalue weighted by Gasteiger charge is 2.07. The number of nitrogens with one attached hydrogen (secondary N) is 1. The number of hydrogen-bond acceptors (Lipinski definition) is 2. The van der Waals surface area contributed by atoms with E-state index in [2.05, 4.69) is 21.2 Å². The smallest absolute Gasteiger partial charge is 0.234 e. The highest BCUT2D eigenvalue weighted by atomic mass is 79.9. The molecule has 0 aliphatic heterocycles. The molecule has 76 valence electrons. The van der Waals surface area contributed by atoms with Gasteiger partial charge in [0.15, 0.2) is 0 Å². The van der Waals surface area contributed by atoms with Gasteiger partial charge < -0.3 is 11.1 Å². The number of rotatable bonds is 3. The molecule has 14 heavy (non-hydrogen) atoms. The molecule has 3 nitrogen and oxygen atoms in total. The lowest BCUT2D eigenvalue weighted by Gasteiger charge is -2.13. The minimum absolute atomic E-state index is 0.000787. The van der Waals surface area contributed by atoms with Crippen molar-refractivity contribution in [1.29, 1.82) is 0 Å². The summed E-state index contributed by atoms with van der Waals surface area (Å²) < 4.78 is 1.03. The summed E-state index contributed by atoms with van der Waals surface area (Å²) in [4.78, 5) is 11.0. The minimum Gasteiger partial charge on any atom is -0.348 e. The fourth-order valence-electron chi connectivity index (χ4n) is 1.14. The SMILES string of the molecule is C[C@H](NC(=O)CN)c1ccc(Br)cc1. The first kappa shape index (κ1) is 11.2. The molecule has 0 aliphatic rings. The van der Waals surface area contributed by atoms with Crippen LogP contribution in [-0.4, -0.2) is 12.5 Å². The van der Waals surface area contributed by atoms with Gasteiger partial charge in [-0.05, 0) is 24.6 Å². The average molecular weight is 257 g/mol. The second-order valence-corrected chi connectivity index (χ2v) is 3.96. The third-order valence-electron chi connectivity index (χ3n) is 1.93. The van der Waals surface area contributed by atoms with Crippen molar-refractivity contribution in [3.05, 3.63) is 34.3 Å². The monoisotopic (exact) mass is 256 g/mol. The Morgan fingerprint density at radius 1 is 1.50 bits per heavy atom. The van der Waals surface area contributed by atoms with E-state index in [9.17, 15) is 4.79 Å². The Bertz CT molecular complexity index is 310. The lowest BCUT2D eigenvalue weighted by Crippen LogP contribution is -2.32. The van der Waals surface area contributed by atoms with E-state index in [1.807, 2.05) is 31.2 Å². The van der Waals surface area contributed by atoms with Gasteiger partial charge in [0.1, 0.15) is 0 Å². The van der Waals surface area contributed by atoms with Crippen LogP contribution in [0.15, 0.2) is 28.7 Å². The van der Waals surface area contributed by atoms with Gasteiger partial charge in [0.05, 0.1) is 12.6 Å². The van der Waals surface area contributed by atoms with Crippen LogP contribution in [0.1, 0.15) is 18.5 Å². The first-order valence-electron chi connectivity index (χ1n) is 4.38. The zero-order valence-corrected chi connectivity index (χ0v) is 9.54. The molecule has 0 unspecified atom stereocenters. The molecule has 0 bridgehead atoms. The Hall–Kier alpha value is -0.870. The van der Waals surface area contributed by atoms with Gasteiger partial charge in [-0.3, -0.25) is 4.79 Å². The number of hydrogen-bond donors (Lipinski definition) is 2. The van der Waals surface area contributed by atoms with Crippen molar-refractivity contribution >= 4 is 21.8 Å². The lowest BCUT2D eigenvalue weighted by atomic mass is 10.1. The zero-order valence-electron chi connectivity index (χ0n) is 7.96. The first-order valence-corrected chi connectivity index (χ1v) is 5.17. The summed E-state index contributed by atoms with van der Waals surface area (Å²) in [6, 6.07) is 7.82. The van der Waals surface area contributed by atoms with Crippen LogP contribution in [-0.2, 0) is 4.79 Å². The Kier molecular flexibility index (Phi) is 4.10. The molecule has 0 fully saturated rings. The Morgan fingerprint density at radius 3 is 2.57 bits per heavy atom. The Balaban J connectivity index is 2.65. The highest BCUT2D eigenvalue weighted by Crippen LogP contribution is 2.16. The predicted molar refractivity (Wildman–Crippen MR) is 59.8 cm³/mol. The zero-order chi connectivity index (χ0) is 10.6. The summed E-state index contributed by atoms with van der Waals surface area (Å²) in [5.74, 6) is -0.139. The van der Waals surface area contributed by atoms with Crippen molar-refractivity contribution in [3.8, 4) is 0 Å². The molecule has 1 aromatic carbocycles. The normalized spacial score (nSPS) is 12.2. The van der Waals surface area contributed by atoms with Crippen molar-refractivity contribution in [2.75, 3.05) is 6.54 Å². The first-order chi connectivity index (χ1) is 6.63. The molecule has 0 saturated carbocycles. The molecule has 0 saturated heterocycles. The van der Waals surface area contributed by atoms with Gasteiger partial charge >= 0.3 is 0 Å². The predicted octanol–water partition coefficient (Wildman–Crippen LogP) is 1.59. The second-order valence-electron chi connectivity index (χ2n) is 3.04. The fourth-order valence-corrected chi connectivity index (χ4v) is 1.40. The number of halogens is 1. The van der Waals surface area contributed by atoms with Crippen LogP contribution in [0.2, 0.25) is 0 Å². The molecule has 1 rings (SSSR count). The van der Waals surface area contributed by atoms with Gasteiger partial charge in [0.2, 0.25) is 5.91 Å². The van der Waals surface area contributed by atoms with Gasteiger partial charge in [0.25, 0.3) is 0 Å². The van der Waals surface area contributed by atoms with E-state index < -0.39 is 0 Å². The third-order valence-corrected chi connectivity index (χ3v) is 2.46. The Morgan fingerprint density at radius 2 is 2.07 bits per heavy atom. The summed E-state index contributed by atoms with van der Waals surface area (Å²) in [5, 5.41) is 2.79. The summed E-state index contributed by atoms with van der Waals surface area (Å²) in [5.41, 5.74) is 6.27. The van der Waals surface area contributed by atoms with E-state index in [1.165, 1.54) is 0 Å². The molecule has 0 aliphatic carbocycles. The Labute approximate surface area is 91.8 Å². The maximum atomic E-state index is 11.0. The third kappa shape index (κ3) is 3.12. The topological polar surface area (TPSA) is 55.1 Å². The van der Waals surface area contributed by atoms with Crippen LogP contribution >= 0.6 is 15.9 Å². The average Bonchev–Trinajstić information content (AvgIpc) is 2.18. The summed E-state index contributed by atoms with van der Waals surface area (Å²) in [6.45, 7) is 1.96. The van der Waals surface area contributed by atoms with Crippen molar-refractivity contribution in [3.63, 3.8) is 0 Å². The van der Waals surface area contributed by atoms with Gasteiger partial charge in [-0.1, -0.05) is 28.1 Å². The lowest BCUT2D eigenvalue weighted by molar-refractivity contribution is -0.120. The maximum absolute atomic E-state index is 11.0. The van der Waals surface area contributed by atoms with E-state index in [4.69, 9.17) is 5.73 Å². The summed E-state index contributed by atoms with van der Waals surface area (Å²) in [6.07, 6.45) is 0. The van der Waals surface area contributed by atoms with Crippen molar-refractivity contribution in [1.82, 2.24) is 5.32 Å². The number of nitrogens with two attached hydrogens (primary N) is 1. The van der Waals surface area contributed by atoms with Crippen molar-refractivity contribution in [2.24, 2.45) is 5.73 Å². The largest absolute Gasteiger partial charge is 0.348 e. The number of carbonyl (C=O) groups excluding carboxylic acids is 1. The molecule has 0 aromatic heterocycles. The number of carbonyl (C=O) groups is 1. The van der Waals surface area contributed by atoms with Crippen LogP contribution in [0.3, 0.4) is 0 Å². The van der Waals surface area contributed by atoms with Crippen molar-refractivity contribution in [2.45, 2.75) is 13.0 Å². The molecule has 0 radical (unpaired) electrons.